The minimum absolute atomic E-state index is 0. The number of halogens is 1. The fourth-order valence-electron chi connectivity index (χ4n) is 2.34. The minimum atomic E-state index is -1.23. The number of carbonyl (C=O) groups is 2. The Balaban J connectivity index is 0.00000208. The normalized spacial score (nSPS) is 17.3. The van der Waals surface area contributed by atoms with Crippen molar-refractivity contribution >= 4 is 92.0 Å². The standard InChI is InChI=1S/C13H14ClN5O4.K/c1-13(2)22-10(20)6(11(21)23-13)3-4-19-5-16-7-8(14)17-12(15)18-9(7)19;/h5-6H,3-4H2,1-2H3,(H2,15,17,18);. The summed E-state index contributed by atoms with van der Waals surface area (Å²) in [5.74, 6) is -3.43. The zero-order chi connectivity index (χ0) is 16.8. The van der Waals surface area contributed by atoms with E-state index in [1.54, 1.807) is 4.57 Å². The summed E-state index contributed by atoms with van der Waals surface area (Å²) in [5, 5.41) is 0.143. The number of ether oxygens (including phenoxy) is 2. The molecule has 1 aliphatic heterocycles. The third-order valence-corrected chi connectivity index (χ3v) is 3.62. The molecular formula is C13H14ClKN5O4. The Labute approximate surface area is 184 Å². The number of cyclic esters (lactones) is 2. The predicted octanol–water partition coefficient (Wildman–Crippen LogP) is 0.523. The summed E-state index contributed by atoms with van der Waals surface area (Å²) in [5.41, 5.74) is 6.40. The largest absolute Gasteiger partial charge is 0.422 e. The maximum Gasteiger partial charge on any atom is 0.323 e. The monoisotopic (exact) mass is 378 g/mol. The molecule has 0 spiro atoms. The number of aryl methyl sites for hydroxylation is 1. The number of nitrogens with two attached hydrogens (primary N) is 1. The molecule has 0 unspecified atom stereocenters. The minimum Gasteiger partial charge on any atom is -0.422 e. The van der Waals surface area contributed by atoms with Crippen molar-refractivity contribution in [3.05, 3.63) is 11.5 Å². The van der Waals surface area contributed by atoms with Crippen LogP contribution in [0.3, 0.4) is 0 Å². The van der Waals surface area contributed by atoms with Crippen LogP contribution in [0.15, 0.2) is 6.33 Å². The molecule has 11 heteroatoms. The van der Waals surface area contributed by atoms with Crippen LogP contribution in [0.1, 0.15) is 20.3 Å². The van der Waals surface area contributed by atoms with Gasteiger partial charge in [0.05, 0.1) is 6.33 Å². The molecule has 2 N–H and O–H groups in total. The molecule has 2 aromatic heterocycles. The predicted molar refractivity (Wildman–Crippen MR) is 84.9 cm³/mol. The second-order valence-corrected chi connectivity index (χ2v) is 5.92. The van der Waals surface area contributed by atoms with Crippen molar-refractivity contribution in [1.29, 1.82) is 0 Å². The quantitative estimate of drug-likeness (QED) is 0.355. The molecule has 9 nitrogen and oxygen atoms in total. The van der Waals surface area contributed by atoms with Crippen LogP contribution in [-0.4, -0.2) is 88.6 Å². The molecule has 1 saturated heterocycles. The molecule has 3 rings (SSSR count). The first-order valence-corrected chi connectivity index (χ1v) is 7.24. The van der Waals surface area contributed by atoms with Gasteiger partial charge in [-0.3, -0.25) is 9.59 Å². The van der Waals surface area contributed by atoms with Gasteiger partial charge in [0, 0.05) is 71.8 Å². The second-order valence-electron chi connectivity index (χ2n) is 5.57. The summed E-state index contributed by atoms with van der Waals surface area (Å²) >= 11 is 5.95. The van der Waals surface area contributed by atoms with E-state index in [-0.39, 0.29) is 68.9 Å². The number of hydrogen-bond donors (Lipinski definition) is 1. The average molecular weight is 379 g/mol. The third kappa shape index (κ3) is 3.89. The maximum atomic E-state index is 11.9. The number of aromatic nitrogens is 4. The maximum absolute atomic E-state index is 11.9. The zero-order valence-electron chi connectivity index (χ0n) is 13.4. The topological polar surface area (TPSA) is 122 Å². The van der Waals surface area contributed by atoms with Gasteiger partial charge in [0.25, 0.3) is 5.79 Å². The Morgan fingerprint density at radius 2 is 1.92 bits per heavy atom. The Bertz CT molecular complexity index is 789. The molecule has 0 amide bonds. The van der Waals surface area contributed by atoms with E-state index in [9.17, 15) is 9.59 Å². The third-order valence-electron chi connectivity index (χ3n) is 3.36. The summed E-state index contributed by atoms with van der Waals surface area (Å²) in [6, 6.07) is 0. The van der Waals surface area contributed by atoms with Crippen LogP contribution < -0.4 is 5.73 Å². The Morgan fingerprint density at radius 1 is 1.29 bits per heavy atom. The molecule has 1 aliphatic rings. The van der Waals surface area contributed by atoms with Crippen LogP contribution >= 0.6 is 11.6 Å². The van der Waals surface area contributed by atoms with E-state index in [1.807, 2.05) is 0 Å². The SMILES string of the molecule is CC1(C)OC(=O)C(CCn2cnc3c(Cl)nc(N)nc32)C(=O)O1.[K]. The molecule has 1 radical (unpaired) electrons. The molecule has 24 heavy (non-hydrogen) atoms. The summed E-state index contributed by atoms with van der Waals surface area (Å²) in [6.45, 7) is 3.30. The molecule has 0 aliphatic carbocycles. The number of nitrogen functional groups attached to an aromatic ring is 1. The molecule has 1 fully saturated rings. The molecule has 0 atom stereocenters. The van der Waals surface area contributed by atoms with Crippen LogP contribution in [0.2, 0.25) is 5.15 Å². The fraction of sp³-hybridized carbons (Fsp3) is 0.462. The second kappa shape index (κ2) is 7.22. The number of carbonyl (C=O) groups excluding carboxylic acids is 2. The van der Waals surface area contributed by atoms with Crippen molar-refractivity contribution in [2.45, 2.75) is 32.6 Å². The Morgan fingerprint density at radius 3 is 2.54 bits per heavy atom. The van der Waals surface area contributed by atoms with Crippen molar-refractivity contribution in [1.82, 2.24) is 19.5 Å². The van der Waals surface area contributed by atoms with Gasteiger partial charge in [-0.15, -0.1) is 0 Å². The van der Waals surface area contributed by atoms with E-state index in [4.69, 9.17) is 26.8 Å². The number of rotatable bonds is 3. The van der Waals surface area contributed by atoms with Crippen LogP contribution in [0, 0.1) is 5.92 Å². The Kier molecular flexibility index (Phi) is 5.88. The van der Waals surface area contributed by atoms with Crippen molar-refractivity contribution in [3.63, 3.8) is 0 Å². The molecule has 0 aromatic carbocycles. The first kappa shape index (κ1) is 19.5. The van der Waals surface area contributed by atoms with Gasteiger partial charge >= 0.3 is 11.9 Å². The van der Waals surface area contributed by atoms with Crippen LogP contribution in [0.25, 0.3) is 11.2 Å². The summed E-state index contributed by atoms with van der Waals surface area (Å²) in [4.78, 5) is 35.9. The number of anilines is 1. The molecule has 123 valence electrons. The van der Waals surface area contributed by atoms with Crippen molar-refractivity contribution < 1.29 is 19.1 Å². The van der Waals surface area contributed by atoms with Gasteiger partial charge in [0.1, 0.15) is 5.52 Å². The number of esters is 2. The van der Waals surface area contributed by atoms with Gasteiger partial charge in [0.15, 0.2) is 16.7 Å². The van der Waals surface area contributed by atoms with Crippen molar-refractivity contribution in [2.24, 2.45) is 5.92 Å². The molecule has 2 aromatic rings. The average Bonchev–Trinajstić information content (AvgIpc) is 2.79. The first-order valence-electron chi connectivity index (χ1n) is 6.86. The van der Waals surface area contributed by atoms with E-state index >= 15 is 0 Å². The molecule has 0 saturated carbocycles. The van der Waals surface area contributed by atoms with Gasteiger partial charge in [-0.1, -0.05) is 11.6 Å². The van der Waals surface area contributed by atoms with E-state index in [1.165, 1.54) is 20.2 Å². The molecular weight excluding hydrogens is 365 g/mol. The summed E-state index contributed by atoms with van der Waals surface area (Å²) in [7, 11) is 0. The smallest absolute Gasteiger partial charge is 0.323 e. The molecule has 3 heterocycles. The number of nitrogens with zero attached hydrogens (tertiary/aromatic N) is 4. The van der Waals surface area contributed by atoms with Gasteiger partial charge < -0.3 is 19.8 Å². The number of imidazole rings is 1. The first-order chi connectivity index (χ1) is 10.8. The van der Waals surface area contributed by atoms with E-state index in [0.717, 1.165) is 0 Å². The summed E-state index contributed by atoms with van der Waals surface area (Å²) < 4.78 is 11.8. The number of hydrogen-bond acceptors (Lipinski definition) is 8. The fourth-order valence-corrected chi connectivity index (χ4v) is 2.56. The van der Waals surface area contributed by atoms with Gasteiger partial charge in [0.2, 0.25) is 5.95 Å². The number of fused-ring (bicyclic) bond motifs is 1. The molecule has 0 bridgehead atoms. The van der Waals surface area contributed by atoms with Crippen molar-refractivity contribution in [2.75, 3.05) is 5.73 Å². The van der Waals surface area contributed by atoms with Gasteiger partial charge in [-0.05, 0) is 6.42 Å². The van der Waals surface area contributed by atoms with E-state index < -0.39 is 23.6 Å². The van der Waals surface area contributed by atoms with Crippen LogP contribution in [-0.2, 0) is 25.6 Å². The van der Waals surface area contributed by atoms with E-state index in [0.29, 0.717) is 17.7 Å². The van der Waals surface area contributed by atoms with Crippen molar-refractivity contribution in [3.8, 4) is 0 Å². The van der Waals surface area contributed by atoms with Crippen LogP contribution in [0.5, 0.6) is 0 Å². The van der Waals surface area contributed by atoms with E-state index in [2.05, 4.69) is 15.0 Å². The van der Waals surface area contributed by atoms with Gasteiger partial charge in [-0.25, -0.2) is 4.98 Å². The Hall–Kier alpha value is -0.784. The summed E-state index contributed by atoms with van der Waals surface area (Å²) in [6.07, 6.45) is 1.68. The van der Waals surface area contributed by atoms with Crippen LogP contribution in [0.4, 0.5) is 5.95 Å². The zero-order valence-corrected chi connectivity index (χ0v) is 17.3. The van der Waals surface area contributed by atoms with Gasteiger partial charge in [-0.2, -0.15) is 9.97 Å².